The maximum Gasteiger partial charge on any atom is 0.259 e. The predicted molar refractivity (Wildman–Crippen MR) is 191 cm³/mol. The van der Waals surface area contributed by atoms with Gasteiger partial charge < -0.3 is 28.6 Å². The third-order valence-electron chi connectivity index (χ3n) is 10.5. The zero-order chi connectivity index (χ0) is 36.1. The van der Waals surface area contributed by atoms with Crippen molar-refractivity contribution >= 4 is 34.2 Å². The Morgan fingerprint density at radius 1 is 0.882 bits per heavy atom. The van der Waals surface area contributed by atoms with Crippen molar-refractivity contribution in [2.75, 3.05) is 39.3 Å². The van der Waals surface area contributed by atoms with Gasteiger partial charge >= 0.3 is 0 Å². The summed E-state index contributed by atoms with van der Waals surface area (Å²) >= 11 is 0. The van der Waals surface area contributed by atoms with E-state index >= 15 is 0 Å². The SMILES string of the molecule is COc1cc2c(-c3cc(OC)c(CN4[C@H](C)CN(c5ccc6c(c5)C(=O)N(C5CCC(=O)NC5=O)C6)C[C@H]4C)c(OC)c3)cn(C)c(=O)c2cn1. The number of carbonyl (C=O) groups excluding carboxylic acids is 3. The second kappa shape index (κ2) is 13.4. The van der Waals surface area contributed by atoms with Crippen LogP contribution in [0.15, 0.2) is 53.6 Å². The third kappa shape index (κ3) is 6.05. The molecule has 3 aliphatic rings. The van der Waals surface area contributed by atoms with Crippen LogP contribution in [-0.4, -0.2) is 89.6 Å². The largest absolute Gasteiger partial charge is 0.496 e. The van der Waals surface area contributed by atoms with Gasteiger partial charge in [-0.1, -0.05) is 6.07 Å². The molecule has 2 aromatic carbocycles. The fraction of sp³-hybridized carbons (Fsp3) is 0.395. The maximum absolute atomic E-state index is 13.5. The minimum absolute atomic E-state index is 0.138. The number of ether oxygens (including phenoxy) is 3. The number of nitrogens with zero attached hydrogens (tertiary/aromatic N) is 5. The molecule has 4 aromatic rings. The van der Waals surface area contributed by atoms with Crippen molar-refractivity contribution in [2.45, 2.75) is 57.9 Å². The standard InChI is InChI=1S/C38H42N6O7/c1-21-16-42(25-8-7-23-18-44(38(48)26(23)13-25)31-9-10-34(45)40-36(31)46)17-22(2)43(21)20-30-32(49-4)11-24(12-33(30)50-5)29-19-41(3)37(47)28-15-39-35(51-6)14-27(28)29/h7-8,11-15,19,21-22,31H,9-10,16-18,20H2,1-6H3,(H,40,45,46)/t21-,22-,31?/m1/s1. The van der Waals surface area contributed by atoms with Gasteiger partial charge in [0.15, 0.2) is 0 Å². The molecule has 0 bridgehead atoms. The molecule has 5 heterocycles. The first kappa shape index (κ1) is 34.0. The van der Waals surface area contributed by atoms with Crippen LogP contribution in [0.3, 0.4) is 0 Å². The number of piperidine rings is 1. The lowest BCUT2D eigenvalue weighted by molar-refractivity contribution is -0.136. The minimum Gasteiger partial charge on any atom is -0.496 e. The Morgan fingerprint density at radius 3 is 2.24 bits per heavy atom. The van der Waals surface area contributed by atoms with E-state index < -0.39 is 11.9 Å². The summed E-state index contributed by atoms with van der Waals surface area (Å²) in [5, 5.41) is 3.57. The van der Waals surface area contributed by atoms with Crippen molar-refractivity contribution < 1.29 is 28.6 Å². The average Bonchev–Trinajstić information content (AvgIpc) is 3.45. The lowest BCUT2D eigenvalue weighted by Gasteiger charge is -2.45. The first-order valence-corrected chi connectivity index (χ1v) is 17.1. The van der Waals surface area contributed by atoms with E-state index in [1.165, 1.54) is 0 Å². The zero-order valence-electron chi connectivity index (χ0n) is 29.7. The Balaban J connectivity index is 1.12. The van der Waals surface area contributed by atoms with Crippen molar-refractivity contribution in [3.05, 3.63) is 75.8 Å². The molecule has 0 saturated carbocycles. The Kier molecular flexibility index (Phi) is 8.92. The molecule has 7 rings (SSSR count). The molecule has 1 unspecified atom stereocenters. The first-order chi connectivity index (χ1) is 24.5. The van der Waals surface area contributed by atoms with E-state index in [-0.39, 0.29) is 35.9 Å². The molecule has 1 N–H and O–H groups in total. The van der Waals surface area contributed by atoms with Gasteiger partial charge in [-0.15, -0.1) is 0 Å². The molecular weight excluding hydrogens is 652 g/mol. The highest BCUT2D eigenvalue weighted by Gasteiger charge is 2.40. The summed E-state index contributed by atoms with van der Waals surface area (Å²) in [5.41, 5.74) is 4.87. The molecule has 3 atom stereocenters. The van der Waals surface area contributed by atoms with Gasteiger partial charge in [0.2, 0.25) is 17.7 Å². The van der Waals surface area contributed by atoms with Gasteiger partial charge in [0, 0.05) is 92.4 Å². The highest BCUT2D eigenvalue weighted by molar-refractivity contribution is 6.05. The smallest absolute Gasteiger partial charge is 0.259 e. The van der Waals surface area contributed by atoms with Crippen LogP contribution in [0.1, 0.15) is 48.2 Å². The number of aromatic nitrogens is 2. The Hall–Kier alpha value is -5.43. The van der Waals surface area contributed by atoms with Crippen LogP contribution in [0.2, 0.25) is 0 Å². The zero-order valence-corrected chi connectivity index (χ0v) is 29.7. The van der Waals surface area contributed by atoms with Gasteiger partial charge in [-0.05, 0) is 55.7 Å². The van der Waals surface area contributed by atoms with Crippen LogP contribution in [0.4, 0.5) is 5.69 Å². The Bertz CT molecular complexity index is 2090. The molecule has 2 fully saturated rings. The number of hydrogen-bond donors (Lipinski definition) is 1. The van der Waals surface area contributed by atoms with E-state index in [2.05, 4.69) is 40.0 Å². The van der Waals surface area contributed by atoms with E-state index in [4.69, 9.17) is 14.2 Å². The van der Waals surface area contributed by atoms with Crippen LogP contribution in [-0.2, 0) is 29.7 Å². The van der Waals surface area contributed by atoms with Crippen molar-refractivity contribution in [1.29, 1.82) is 0 Å². The average molecular weight is 695 g/mol. The van der Waals surface area contributed by atoms with E-state index in [0.29, 0.717) is 47.8 Å². The van der Waals surface area contributed by atoms with Crippen LogP contribution in [0, 0.1) is 0 Å². The molecule has 3 aliphatic heterocycles. The van der Waals surface area contributed by atoms with E-state index in [1.54, 1.807) is 56.3 Å². The summed E-state index contributed by atoms with van der Waals surface area (Å²) in [5.74, 6) is 0.876. The number of pyridine rings is 2. The normalized spacial score (nSPS) is 20.8. The molecule has 13 nitrogen and oxygen atoms in total. The monoisotopic (exact) mass is 694 g/mol. The van der Waals surface area contributed by atoms with E-state index in [9.17, 15) is 19.2 Å². The van der Waals surface area contributed by atoms with Crippen molar-refractivity contribution in [1.82, 2.24) is 24.7 Å². The summed E-state index contributed by atoms with van der Waals surface area (Å²) in [6.07, 6.45) is 3.91. The number of fused-ring (bicyclic) bond motifs is 2. The van der Waals surface area contributed by atoms with Crippen LogP contribution in [0.5, 0.6) is 17.4 Å². The number of anilines is 1. The van der Waals surface area contributed by atoms with Crippen molar-refractivity contribution in [3.8, 4) is 28.5 Å². The summed E-state index contributed by atoms with van der Waals surface area (Å²) in [7, 11) is 6.56. The molecule has 0 spiro atoms. The molecule has 266 valence electrons. The minimum atomic E-state index is -0.640. The number of benzene rings is 2. The van der Waals surface area contributed by atoms with Gasteiger partial charge in [0.05, 0.1) is 32.3 Å². The van der Waals surface area contributed by atoms with E-state index in [1.807, 2.05) is 24.3 Å². The number of aryl methyl sites for hydroxylation is 1. The van der Waals surface area contributed by atoms with Gasteiger partial charge in [-0.25, -0.2) is 4.98 Å². The second-order valence-corrected chi connectivity index (χ2v) is 13.6. The number of nitrogens with one attached hydrogen (secondary N) is 1. The molecule has 2 saturated heterocycles. The van der Waals surface area contributed by atoms with Gasteiger partial charge in [0.25, 0.3) is 11.5 Å². The quantitative estimate of drug-likeness (QED) is 0.273. The number of carbonyl (C=O) groups is 3. The lowest BCUT2D eigenvalue weighted by atomic mass is 9.97. The van der Waals surface area contributed by atoms with Gasteiger partial charge in [-0.3, -0.25) is 29.4 Å². The van der Waals surface area contributed by atoms with Crippen LogP contribution >= 0.6 is 0 Å². The number of hydrogen-bond acceptors (Lipinski definition) is 10. The number of methoxy groups -OCH3 is 3. The highest BCUT2D eigenvalue weighted by Crippen LogP contribution is 2.40. The molecule has 0 radical (unpaired) electrons. The first-order valence-electron chi connectivity index (χ1n) is 17.1. The number of piperazine rings is 1. The summed E-state index contributed by atoms with van der Waals surface area (Å²) < 4.78 is 18.9. The fourth-order valence-electron chi connectivity index (χ4n) is 7.78. The summed E-state index contributed by atoms with van der Waals surface area (Å²) in [6.45, 7) is 6.79. The Labute approximate surface area is 295 Å². The van der Waals surface area contributed by atoms with E-state index in [0.717, 1.165) is 46.4 Å². The van der Waals surface area contributed by atoms with Gasteiger partial charge in [-0.2, -0.15) is 0 Å². The molecular formula is C38H42N6O7. The van der Waals surface area contributed by atoms with Crippen molar-refractivity contribution in [2.24, 2.45) is 7.05 Å². The molecule has 3 amide bonds. The molecule has 0 aliphatic carbocycles. The topological polar surface area (TPSA) is 136 Å². The number of rotatable bonds is 8. The number of amides is 3. The molecule has 51 heavy (non-hydrogen) atoms. The third-order valence-corrected chi connectivity index (χ3v) is 10.5. The van der Waals surface area contributed by atoms with Crippen LogP contribution < -0.4 is 30.0 Å². The Morgan fingerprint density at radius 2 is 1.59 bits per heavy atom. The fourth-order valence-corrected chi connectivity index (χ4v) is 7.78. The lowest BCUT2D eigenvalue weighted by Crippen LogP contribution is -2.56. The maximum atomic E-state index is 13.5. The summed E-state index contributed by atoms with van der Waals surface area (Å²) in [4.78, 5) is 61.2. The van der Waals surface area contributed by atoms with Gasteiger partial charge in [0.1, 0.15) is 17.5 Å². The van der Waals surface area contributed by atoms with Crippen LogP contribution in [0.25, 0.3) is 21.9 Å². The van der Waals surface area contributed by atoms with Crippen molar-refractivity contribution in [3.63, 3.8) is 0 Å². The number of imide groups is 1. The second-order valence-electron chi connectivity index (χ2n) is 13.6. The molecule has 13 heteroatoms. The molecule has 2 aromatic heterocycles. The highest BCUT2D eigenvalue weighted by atomic mass is 16.5. The summed E-state index contributed by atoms with van der Waals surface area (Å²) in [6, 6.07) is 11.3. The predicted octanol–water partition coefficient (Wildman–Crippen LogP) is 3.49.